The number of Topliss-reactive ketones (excluding diaryl/α,β-unsaturated/α-hetero) is 1. The predicted molar refractivity (Wildman–Crippen MR) is 87.5 cm³/mol. The van der Waals surface area contributed by atoms with Crippen molar-refractivity contribution in [1.82, 2.24) is 4.90 Å². The van der Waals surface area contributed by atoms with E-state index in [2.05, 4.69) is 34.7 Å². The Bertz CT molecular complexity index is 485. The van der Waals surface area contributed by atoms with Crippen LogP contribution >= 0.6 is 27.5 Å². The predicted octanol–water partition coefficient (Wildman–Crippen LogP) is 4.80. The van der Waals surface area contributed by atoms with Crippen molar-refractivity contribution < 1.29 is 4.79 Å². The van der Waals surface area contributed by atoms with Gasteiger partial charge < -0.3 is 0 Å². The van der Waals surface area contributed by atoms with Crippen LogP contribution in [0.3, 0.4) is 0 Å². The average molecular weight is 359 g/mol. The first-order valence-electron chi connectivity index (χ1n) is 7.19. The SMILES string of the molecule is CC(C)CN(CCC(=O)c1ccc(Br)cc1Cl)C1CC1. The quantitative estimate of drug-likeness (QED) is 0.653. The molecule has 110 valence electrons. The molecule has 0 amide bonds. The zero-order chi connectivity index (χ0) is 14.7. The second kappa shape index (κ2) is 7.06. The van der Waals surface area contributed by atoms with Gasteiger partial charge in [-0.2, -0.15) is 0 Å². The van der Waals surface area contributed by atoms with Gasteiger partial charge in [-0.05, 0) is 37.0 Å². The largest absolute Gasteiger partial charge is 0.300 e. The van der Waals surface area contributed by atoms with Crippen LogP contribution in [0, 0.1) is 5.92 Å². The average Bonchev–Trinajstić information content (AvgIpc) is 3.17. The minimum Gasteiger partial charge on any atom is -0.300 e. The lowest BCUT2D eigenvalue weighted by molar-refractivity contribution is 0.0958. The third-order valence-electron chi connectivity index (χ3n) is 3.52. The summed E-state index contributed by atoms with van der Waals surface area (Å²) >= 11 is 9.49. The maximum Gasteiger partial charge on any atom is 0.165 e. The number of nitrogens with zero attached hydrogens (tertiary/aromatic N) is 1. The Labute approximate surface area is 134 Å². The number of benzene rings is 1. The molecule has 2 rings (SSSR count). The van der Waals surface area contributed by atoms with E-state index in [-0.39, 0.29) is 5.78 Å². The Morgan fingerprint density at radius 2 is 2.15 bits per heavy atom. The lowest BCUT2D eigenvalue weighted by Gasteiger charge is -2.23. The Balaban J connectivity index is 1.93. The normalized spacial score (nSPS) is 15.1. The van der Waals surface area contributed by atoms with Crippen LogP contribution in [-0.2, 0) is 0 Å². The summed E-state index contributed by atoms with van der Waals surface area (Å²) in [5.74, 6) is 0.777. The van der Waals surface area contributed by atoms with Crippen LogP contribution in [0.4, 0.5) is 0 Å². The van der Waals surface area contributed by atoms with Crippen LogP contribution in [0.15, 0.2) is 22.7 Å². The van der Waals surface area contributed by atoms with E-state index < -0.39 is 0 Å². The molecule has 1 aliphatic rings. The molecule has 1 aliphatic carbocycles. The molecule has 0 atom stereocenters. The van der Waals surface area contributed by atoms with Gasteiger partial charge in [-0.1, -0.05) is 41.4 Å². The highest BCUT2D eigenvalue weighted by molar-refractivity contribution is 9.10. The number of ketones is 1. The van der Waals surface area contributed by atoms with Crippen molar-refractivity contribution in [3.63, 3.8) is 0 Å². The number of carbonyl (C=O) groups excluding carboxylic acids is 1. The highest BCUT2D eigenvalue weighted by atomic mass is 79.9. The van der Waals surface area contributed by atoms with Crippen molar-refractivity contribution in [2.45, 2.75) is 39.2 Å². The summed E-state index contributed by atoms with van der Waals surface area (Å²) in [5.41, 5.74) is 0.634. The smallest absolute Gasteiger partial charge is 0.165 e. The molecule has 0 heterocycles. The molecule has 4 heteroatoms. The Morgan fingerprint density at radius 1 is 1.45 bits per heavy atom. The monoisotopic (exact) mass is 357 g/mol. The minimum atomic E-state index is 0.136. The summed E-state index contributed by atoms with van der Waals surface area (Å²) in [6.07, 6.45) is 3.10. The van der Waals surface area contributed by atoms with E-state index in [1.54, 1.807) is 12.1 Å². The Kier molecular flexibility index (Phi) is 5.65. The molecule has 1 fully saturated rings. The molecular formula is C16H21BrClNO. The molecule has 1 aromatic rings. The number of halogens is 2. The minimum absolute atomic E-state index is 0.136. The molecule has 0 radical (unpaired) electrons. The molecule has 1 aromatic carbocycles. The lowest BCUT2D eigenvalue weighted by atomic mass is 10.1. The van der Waals surface area contributed by atoms with E-state index >= 15 is 0 Å². The first-order chi connectivity index (χ1) is 9.47. The topological polar surface area (TPSA) is 20.3 Å². The maximum absolute atomic E-state index is 12.3. The molecule has 0 aliphatic heterocycles. The van der Waals surface area contributed by atoms with Gasteiger partial charge in [-0.25, -0.2) is 0 Å². The van der Waals surface area contributed by atoms with E-state index in [1.165, 1.54) is 12.8 Å². The number of hydrogen-bond donors (Lipinski definition) is 0. The first kappa shape index (κ1) is 16.0. The van der Waals surface area contributed by atoms with Crippen molar-refractivity contribution in [2.75, 3.05) is 13.1 Å². The van der Waals surface area contributed by atoms with Crippen LogP contribution < -0.4 is 0 Å². The van der Waals surface area contributed by atoms with Gasteiger partial charge >= 0.3 is 0 Å². The molecule has 0 N–H and O–H groups in total. The Hall–Kier alpha value is -0.380. The van der Waals surface area contributed by atoms with E-state index in [1.807, 2.05) is 6.07 Å². The number of hydrogen-bond acceptors (Lipinski definition) is 2. The highest BCUT2D eigenvalue weighted by Gasteiger charge is 2.29. The molecule has 1 saturated carbocycles. The fourth-order valence-electron chi connectivity index (χ4n) is 2.43. The van der Waals surface area contributed by atoms with Crippen LogP contribution in [0.25, 0.3) is 0 Å². The van der Waals surface area contributed by atoms with Gasteiger partial charge in [0.1, 0.15) is 0 Å². The summed E-state index contributed by atoms with van der Waals surface area (Å²) in [5, 5.41) is 0.534. The van der Waals surface area contributed by atoms with Gasteiger partial charge in [-0.15, -0.1) is 0 Å². The molecule has 0 unspecified atom stereocenters. The van der Waals surface area contributed by atoms with Crippen molar-refractivity contribution in [1.29, 1.82) is 0 Å². The molecule has 2 nitrogen and oxygen atoms in total. The molecular weight excluding hydrogens is 338 g/mol. The summed E-state index contributed by atoms with van der Waals surface area (Å²) in [6, 6.07) is 6.15. The van der Waals surface area contributed by atoms with Crippen LogP contribution in [0.2, 0.25) is 5.02 Å². The van der Waals surface area contributed by atoms with Crippen LogP contribution in [0.5, 0.6) is 0 Å². The highest BCUT2D eigenvalue weighted by Crippen LogP contribution is 2.28. The summed E-state index contributed by atoms with van der Waals surface area (Å²) in [4.78, 5) is 14.7. The third-order valence-corrected chi connectivity index (χ3v) is 4.33. The zero-order valence-electron chi connectivity index (χ0n) is 12.0. The molecule has 0 spiro atoms. The van der Waals surface area contributed by atoms with Gasteiger partial charge in [0.25, 0.3) is 0 Å². The van der Waals surface area contributed by atoms with E-state index in [4.69, 9.17) is 11.6 Å². The Morgan fingerprint density at radius 3 is 2.70 bits per heavy atom. The van der Waals surface area contributed by atoms with Gasteiger partial charge in [0.15, 0.2) is 5.78 Å². The standard InChI is InChI=1S/C16H21BrClNO/c1-11(2)10-19(13-4-5-13)8-7-16(20)14-6-3-12(17)9-15(14)18/h3,6,9,11,13H,4-5,7-8,10H2,1-2H3. The lowest BCUT2D eigenvalue weighted by Crippen LogP contribution is -2.32. The summed E-state index contributed by atoms with van der Waals surface area (Å²) < 4.78 is 0.901. The molecule has 0 bridgehead atoms. The molecule has 0 saturated heterocycles. The second-order valence-corrected chi connectivity index (χ2v) is 7.24. The van der Waals surface area contributed by atoms with E-state index in [9.17, 15) is 4.79 Å². The van der Waals surface area contributed by atoms with E-state index in [0.717, 1.165) is 17.6 Å². The second-order valence-electron chi connectivity index (χ2n) is 5.92. The van der Waals surface area contributed by atoms with Crippen molar-refractivity contribution in [3.8, 4) is 0 Å². The van der Waals surface area contributed by atoms with Crippen LogP contribution in [-0.4, -0.2) is 29.8 Å². The third kappa shape index (κ3) is 4.57. The van der Waals surface area contributed by atoms with Crippen molar-refractivity contribution in [2.24, 2.45) is 5.92 Å². The molecule has 20 heavy (non-hydrogen) atoms. The first-order valence-corrected chi connectivity index (χ1v) is 8.36. The molecule has 0 aromatic heterocycles. The number of rotatable bonds is 7. The van der Waals surface area contributed by atoms with Gasteiger partial charge in [-0.3, -0.25) is 9.69 Å². The number of carbonyl (C=O) groups is 1. The summed E-state index contributed by atoms with van der Waals surface area (Å²) in [7, 11) is 0. The fraction of sp³-hybridized carbons (Fsp3) is 0.562. The summed E-state index contributed by atoms with van der Waals surface area (Å²) in [6.45, 7) is 6.37. The van der Waals surface area contributed by atoms with Crippen molar-refractivity contribution in [3.05, 3.63) is 33.3 Å². The maximum atomic E-state index is 12.3. The van der Waals surface area contributed by atoms with E-state index in [0.29, 0.717) is 29.0 Å². The zero-order valence-corrected chi connectivity index (χ0v) is 14.4. The fourth-order valence-corrected chi connectivity index (χ4v) is 3.21. The van der Waals surface area contributed by atoms with Gasteiger partial charge in [0.2, 0.25) is 0 Å². The van der Waals surface area contributed by atoms with Gasteiger partial charge in [0, 0.05) is 35.6 Å². The van der Waals surface area contributed by atoms with Crippen LogP contribution in [0.1, 0.15) is 43.5 Å². The van der Waals surface area contributed by atoms with Crippen molar-refractivity contribution >= 4 is 33.3 Å². The van der Waals surface area contributed by atoms with Gasteiger partial charge in [0.05, 0.1) is 5.02 Å².